The van der Waals surface area contributed by atoms with Crippen LogP contribution in [0.5, 0.6) is 5.75 Å². The van der Waals surface area contributed by atoms with Gasteiger partial charge in [0.15, 0.2) is 5.60 Å². The van der Waals surface area contributed by atoms with Gasteiger partial charge in [0.05, 0.1) is 30.2 Å². The largest absolute Gasteiger partial charge is 0.479 e. The van der Waals surface area contributed by atoms with Gasteiger partial charge in [0.25, 0.3) is 0 Å². The number of hydrogen-bond donors (Lipinski definition) is 1. The molecule has 5 nitrogen and oxygen atoms in total. The topological polar surface area (TPSA) is 68.7 Å². The molecule has 6 heteroatoms. The number of aliphatic hydroxyl groups excluding tert-OH is 1. The summed E-state index contributed by atoms with van der Waals surface area (Å²) in [5.41, 5.74) is 0.394. The molecule has 1 unspecified atom stereocenters. The standard InChI is InChI=1S/C25H22BrNO4/c1-24-21-18(9-6-14-27-21)31-25(24,16-10-12-17(26)13-11-16)20(15-7-4-3-5-8-15)19(22(24)28)23(29)30-2/h3-14,19-20,22,28H,1-2H3/t19-,20-,22-,24?,25+/m1/s1. The summed E-state index contributed by atoms with van der Waals surface area (Å²) in [6.07, 6.45) is 0.630. The van der Waals surface area contributed by atoms with Crippen LogP contribution in [0.25, 0.3) is 0 Å². The van der Waals surface area contributed by atoms with E-state index >= 15 is 0 Å². The van der Waals surface area contributed by atoms with Crippen LogP contribution in [0, 0.1) is 5.92 Å². The lowest BCUT2D eigenvalue weighted by Crippen LogP contribution is -2.50. The van der Waals surface area contributed by atoms with Crippen LogP contribution in [-0.2, 0) is 20.5 Å². The first kappa shape index (κ1) is 20.2. The Labute approximate surface area is 189 Å². The molecule has 2 heterocycles. The van der Waals surface area contributed by atoms with Crippen LogP contribution in [-0.4, -0.2) is 29.3 Å². The number of hydrogen-bond acceptors (Lipinski definition) is 5. The van der Waals surface area contributed by atoms with Gasteiger partial charge in [-0.3, -0.25) is 9.78 Å². The van der Waals surface area contributed by atoms with Gasteiger partial charge < -0.3 is 14.6 Å². The molecule has 5 atom stereocenters. The third-order valence-electron chi connectivity index (χ3n) is 6.94. The molecule has 3 aromatic rings. The van der Waals surface area contributed by atoms with E-state index in [-0.39, 0.29) is 0 Å². The number of ether oxygens (including phenoxy) is 2. The number of pyridine rings is 1. The third-order valence-corrected chi connectivity index (χ3v) is 7.47. The molecule has 31 heavy (non-hydrogen) atoms. The summed E-state index contributed by atoms with van der Waals surface area (Å²) in [6, 6.07) is 21.3. The summed E-state index contributed by atoms with van der Waals surface area (Å²) in [5.74, 6) is -1.15. The summed E-state index contributed by atoms with van der Waals surface area (Å²) in [4.78, 5) is 17.7. The van der Waals surface area contributed by atoms with Crippen molar-refractivity contribution in [3.05, 3.63) is 94.2 Å². The zero-order valence-electron chi connectivity index (χ0n) is 17.2. The lowest BCUT2D eigenvalue weighted by atomic mass is 9.66. The lowest BCUT2D eigenvalue weighted by Gasteiger charge is -2.41. The summed E-state index contributed by atoms with van der Waals surface area (Å²) in [6.45, 7) is 1.94. The summed E-state index contributed by atoms with van der Waals surface area (Å²) >= 11 is 3.51. The fourth-order valence-electron chi connectivity index (χ4n) is 5.60. The van der Waals surface area contributed by atoms with Gasteiger partial charge in [-0.1, -0.05) is 58.4 Å². The second-order valence-electron chi connectivity index (χ2n) is 8.28. The molecule has 1 aliphatic carbocycles. The monoisotopic (exact) mass is 479 g/mol. The van der Waals surface area contributed by atoms with E-state index in [1.54, 1.807) is 6.20 Å². The summed E-state index contributed by atoms with van der Waals surface area (Å²) in [7, 11) is 1.35. The van der Waals surface area contributed by atoms with Crippen LogP contribution >= 0.6 is 15.9 Å². The predicted octanol–water partition coefficient (Wildman–Crippen LogP) is 4.34. The van der Waals surface area contributed by atoms with E-state index in [0.29, 0.717) is 11.4 Å². The van der Waals surface area contributed by atoms with Crippen LogP contribution in [0.1, 0.15) is 29.7 Å². The van der Waals surface area contributed by atoms with Gasteiger partial charge >= 0.3 is 5.97 Å². The number of esters is 1. The Morgan fingerprint density at radius 2 is 1.81 bits per heavy atom. The number of carbonyl (C=O) groups excluding carboxylic acids is 1. The Kier molecular flexibility index (Phi) is 4.68. The van der Waals surface area contributed by atoms with Crippen molar-refractivity contribution in [2.24, 2.45) is 5.92 Å². The Hall–Kier alpha value is -2.70. The molecule has 0 amide bonds. The van der Waals surface area contributed by atoms with E-state index in [0.717, 1.165) is 15.6 Å². The van der Waals surface area contributed by atoms with Crippen molar-refractivity contribution in [1.82, 2.24) is 4.98 Å². The van der Waals surface area contributed by atoms with Gasteiger partial charge in [-0.05, 0) is 42.3 Å². The zero-order valence-corrected chi connectivity index (χ0v) is 18.7. The van der Waals surface area contributed by atoms with Crippen LogP contribution < -0.4 is 4.74 Å². The molecule has 158 valence electrons. The Morgan fingerprint density at radius 1 is 1.10 bits per heavy atom. The highest BCUT2D eigenvalue weighted by Crippen LogP contribution is 2.68. The number of methoxy groups -OCH3 is 1. The Balaban J connectivity index is 1.86. The fraction of sp³-hybridized carbons (Fsp3) is 0.280. The highest BCUT2D eigenvalue weighted by Gasteiger charge is 2.76. The quantitative estimate of drug-likeness (QED) is 0.565. The van der Waals surface area contributed by atoms with Crippen molar-refractivity contribution in [3.8, 4) is 5.75 Å². The fourth-order valence-corrected chi connectivity index (χ4v) is 5.86. The first-order valence-electron chi connectivity index (χ1n) is 10.2. The number of aromatic nitrogens is 1. The zero-order chi connectivity index (χ0) is 21.8. The van der Waals surface area contributed by atoms with Gasteiger partial charge in [0, 0.05) is 16.6 Å². The highest BCUT2D eigenvalue weighted by atomic mass is 79.9. The molecular formula is C25H22BrNO4. The molecule has 1 aromatic heterocycles. The molecule has 2 aliphatic rings. The van der Waals surface area contributed by atoms with Gasteiger partial charge in [0.1, 0.15) is 5.75 Å². The molecule has 0 saturated heterocycles. The smallest absolute Gasteiger partial charge is 0.312 e. The number of rotatable bonds is 3. The molecule has 1 aliphatic heterocycles. The number of fused-ring (bicyclic) bond motifs is 3. The minimum Gasteiger partial charge on any atom is -0.479 e. The highest BCUT2D eigenvalue weighted by molar-refractivity contribution is 9.10. The second-order valence-corrected chi connectivity index (χ2v) is 9.19. The molecule has 0 radical (unpaired) electrons. The first-order valence-corrected chi connectivity index (χ1v) is 11.0. The number of carbonyl (C=O) groups is 1. The van der Waals surface area contributed by atoms with E-state index in [9.17, 15) is 9.90 Å². The first-order chi connectivity index (χ1) is 14.9. The second kappa shape index (κ2) is 7.18. The number of aliphatic hydroxyl groups is 1. The van der Waals surface area contributed by atoms with Crippen molar-refractivity contribution in [2.75, 3.05) is 7.11 Å². The maximum absolute atomic E-state index is 13.1. The number of halogens is 1. The van der Waals surface area contributed by atoms with Crippen LogP contribution in [0.2, 0.25) is 0 Å². The average Bonchev–Trinajstić information content (AvgIpc) is 3.18. The molecule has 2 aromatic carbocycles. The SMILES string of the molecule is COC(=O)[C@H]1[C@@H](O)C2(C)c3ncccc3O[C@@]2(c2ccc(Br)cc2)[C@@H]1c1ccccc1. The molecular weight excluding hydrogens is 458 g/mol. The van der Waals surface area contributed by atoms with Crippen LogP contribution in [0.15, 0.2) is 77.4 Å². The van der Waals surface area contributed by atoms with Crippen molar-refractivity contribution >= 4 is 21.9 Å². The molecule has 0 bridgehead atoms. The van der Waals surface area contributed by atoms with Crippen molar-refractivity contribution in [2.45, 2.75) is 30.0 Å². The van der Waals surface area contributed by atoms with Crippen molar-refractivity contribution in [3.63, 3.8) is 0 Å². The Morgan fingerprint density at radius 3 is 2.48 bits per heavy atom. The van der Waals surface area contributed by atoms with E-state index in [1.807, 2.05) is 73.7 Å². The van der Waals surface area contributed by atoms with Crippen molar-refractivity contribution < 1.29 is 19.4 Å². The number of benzene rings is 2. The average molecular weight is 480 g/mol. The maximum Gasteiger partial charge on any atom is 0.312 e. The Bertz CT molecular complexity index is 1140. The number of nitrogens with zero attached hydrogens (tertiary/aromatic N) is 1. The molecule has 1 fully saturated rings. The molecule has 1 N–H and O–H groups in total. The van der Waals surface area contributed by atoms with E-state index < -0.39 is 34.9 Å². The van der Waals surface area contributed by atoms with Gasteiger partial charge in [-0.25, -0.2) is 0 Å². The van der Waals surface area contributed by atoms with E-state index in [4.69, 9.17) is 9.47 Å². The lowest BCUT2D eigenvalue weighted by molar-refractivity contribution is -0.149. The van der Waals surface area contributed by atoms with Gasteiger partial charge in [-0.2, -0.15) is 0 Å². The molecule has 1 saturated carbocycles. The van der Waals surface area contributed by atoms with Crippen LogP contribution in [0.3, 0.4) is 0 Å². The summed E-state index contributed by atoms with van der Waals surface area (Å²) in [5, 5.41) is 11.7. The maximum atomic E-state index is 13.1. The van der Waals surface area contributed by atoms with Crippen LogP contribution in [0.4, 0.5) is 0 Å². The molecule has 5 rings (SSSR count). The van der Waals surface area contributed by atoms with Crippen molar-refractivity contribution in [1.29, 1.82) is 0 Å². The van der Waals surface area contributed by atoms with E-state index in [1.165, 1.54) is 7.11 Å². The summed E-state index contributed by atoms with van der Waals surface area (Å²) < 4.78 is 12.9. The predicted molar refractivity (Wildman–Crippen MR) is 119 cm³/mol. The normalized spacial score (nSPS) is 30.9. The van der Waals surface area contributed by atoms with Gasteiger partial charge in [0.2, 0.25) is 0 Å². The van der Waals surface area contributed by atoms with Gasteiger partial charge in [-0.15, -0.1) is 0 Å². The minimum atomic E-state index is -1.06. The third kappa shape index (κ3) is 2.58. The van der Waals surface area contributed by atoms with E-state index in [2.05, 4.69) is 20.9 Å². The molecule has 0 spiro atoms. The minimum absolute atomic E-state index is 0.463.